The van der Waals surface area contributed by atoms with Gasteiger partial charge in [0.15, 0.2) is 6.17 Å². The second kappa shape index (κ2) is 11.2. The third-order valence-electron chi connectivity index (χ3n) is 6.24. The van der Waals surface area contributed by atoms with Gasteiger partial charge >= 0.3 is 12.1 Å². The van der Waals surface area contributed by atoms with E-state index < -0.39 is 17.7 Å². The van der Waals surface area contributed by atoms with Crippen molar-refractivity contribution in [1.29, 1.82) is 0 Å². The second-order valence-electron chi connectivity index (χ2n) is 9.08. The van der Waals surface area contributed by atoms with Crippen molar-refractivity contribution in [2.75, 3.05) is 16.8 Å². The SMILES string of the molecule is CCCCCCCCN1C(=O)N(c2ccccc2)[C@H](N(O)C(=O)Nc2ccccc2)C1(C)C. The van der Waals surface area contributed by atoms with Crippen LogP contribution in [-0.4, -0.2) is 45.5 Å². The number of hydroxylamine groups is 2. The Balaban J connectivity index is 1.81. The predicted molar refractivity (Wildman–Crippen MR) is 131 cm³/mol. The highest BCUT2D eigenvalue weighted by molar-refractivity contribution is 5.98. The average Bonchev–Trinajstić information content (AvgIpc) is 3.01. The van der Waals surface area contributed by atoms with Crippen LogP contribution in [0.15, 0.2) is 60.7 Å². The summed E-state index contributed by atoms with van der Waals surface area (Å²) in [6, 6.07) is 17.2. The summed E-state index contributed by atoms with van der Waals surface area (Å²) < 4.78 is 0. The number of carbonyl (C=O) groups is 2. The first kappa shape index (κ1) is 24.6. The molecule has 1 atom stereocenters. The molecule has 0 radical (unpaired) electrons. The van der Waals surface area contributed by atoms with Gasteiger partial charge in [-0.1, -0.05) is 75.4 Å². The number of amides is 4. The molecule has 2 aromatic rings. The maximum absolute atomic E-state index is 13.6. The summed E-state index contributed by atoms with van der Waals surface area (Å²) in [5.41, 5.74) is 0.399. The van der Waals surface area contributed by atoms with Gasteiger partial charge in [0.1, 0.15) is 0 Å². The largest absolute Gasteiger partial charge is 0.347 e. The van der Waals surface area contributed by atoms with Gasteiger partial charge in [-0.3, -0.25) is 10.1 Å². The number of nitrogens with one attached hydrogen (secondary N) is 1. The summed E-state index contributed by atoms with van der Waals surface area (Å²) in [5.74, 6) is 0. The molecule has 33 heavy (non-hydrogen) atoms. The van der Waals surface area contributed by atoms with Crippen LogP contribution in [-0.2, 0) is 0 Å². The maximum atomic E-state index is 13.6. The van der Waals surface area contributed by atoms with E-state index in [0.29, 0.717) is 23.0 Å². The van der Waals surface area contributed by atoms with E-state index >= 15 is 0 Å². The first-order valence-corrected chi connectivity index (χ1v) is 11.9. The molecule has 1 aliphatic rings. The first-order valence-electron chi connectivity index (χ1n) is 11.9. The third kappa shape index (κ3) is 5.66. The van der Waals surface area contributed by atoms with Gasteiger partial charge in [-0.25, -0.2) is 9.59 Å². The molecule has 4 amide bonds. The molecule has 1 heterocycles. The molecule has 0 aliphatic carbocycles. The standard InChI is InChI=1S/C26H36N4O3/c1-4-5-6-7-8-15-20-28-25(32)29(22-18-13-10-14-19-22)23(26(28,2)3)30(33)24(31)27-21-16-11-9-12-17-21/h9-14,16-19,23,33H,4-8,15,20H2,1-3H3,(H,27,31)/t23-/m1/s1. The number of carbonyl (C=O) groups excluding carboxylic acids is 2. The summed E-state index contributed by atoms with van der Waals surface area (Å²) >= 11 is 0. The summed E-state index contributed by atoms with van der Waals surface area (Å²) in [6.07, 6.45) is 5.82. The number of hydrogen-bond donors (Lipinski definition) is 2. The number of urea groups is 2. The molecule has 178 valence electrons. The molecule has 0 aromatic heterocycles. The lowest BCUT2D eigenvalue weighted by Gasteiger charge is -2.38. The number of hydrogen-bond acceptors (Lipinski definition) is 3. The Morgan fingerprint density at radius 3 is 2.18 bits per heavy atom. The van der Waals surface area contributed by atoms with Gasteiger partial charge in [-0.15, -0.1) is 0 Å². The minimum absolute atomic E-state index is 0.212. The van der Waals surface area contributed by atoms with Gasteiger partial charge in [0, 0.05) is 17.9 Å². The number of anilines is 2. The highest BCUT2D eigenvalue weighted by Gasteiger charge is 2.55. The summed E-state index contributed by atoms with van der Waals surface area (Å²) in [4.78, 5) is 29.8. The molecule has 0 bridgehead atoms. The lowest BCUT2D eigenvalue weighted by molar-refractivity contribution is -0.0949. The number of para-hydroxylation sites is 2. The number of benzene rings is 2. The summed E-state index contributed by atoms with van der Waals surface area (Å²) in [5, 5.41) is 14.4. The Bertz CT molecular complexity index is 904. The van der Waals surface area contributed by atoms with Crippen LogP contribution in [0.2, 0.25) is 0 Å². The van der Waals surface area contributed by atoms with Crippen molar-refractivity contribution in [3.8, 4) is 0 Å². The maximum Gasteiger partial charge on any atom is 0.347 e. The van der Waals surface area contributed by atoms with Crippen LogP contribution >= 0.6 is 0 Å². The molecule has 1 fully saturated rings. The molecule has 3 rings (SSSR count). The van der Waals surface area contributed by atoms with Crippen molar-refractivity contribution in [1.82, 2.24) is 9.96 Å². The third-order valence-corrected chi connectivity index (χ3v) is 6.24. The number of unbranched alkanes of at least 4 members (excludes halogenated alkanes) is 5. The van der Waals surface area contributed by atoms with Crippen LogP contribution in [0.4, 0.5) is 21.0 Å². The Hall–Kier alpha value is -3.06. The van der Waals surface area contributed by atoms with Crippen molar-refractivity contribution in [3.05, 3.63) is 60.7 Å². The fourth-order valence-corrected chi connectivity index (χ4v) is 4.43. The van der Waals surface area contributed by atoms with Crippen LogP contribution < -0.4 is 10.2 Å². The van der Waals surface area contributed by atoms with Gasteiger partial charge in [-0.05, 0) is 44.5 Å². The lowest BCUT2D eigenvalue weighted by Crippen LogP contribution is -2.58. The summed E-state index contributed by atoms with van der Waals surface area (Å²) in [7, 11) is 0. The molecule has 1 aliphatic heterocycles. The molecule has 0 saturated carbocycles. The molecular weight excluding hydrogens is 416 g/mol. The van der Waals surface area contributed by atoms with E-state index in [4.69, 9.17) is 0 Å². The van der Waals surface area contributed by atoms with E-state index in [1.165, 1.54) is 24.2 Å². The Morgan fingerprint density at radius 2 is 1.55 bits per heavy atom. The topological polar surface area (TPSA) is 76.1 Å². The van der Waals surface area contributed by atoms with E-state index in [0.717, 1.165) is 19.3 Å². The molecule has 2 N–H and O–H groups in total. The van der Waals surface area contributed by atoms with Gasteiger partial charge in [0.25, 0.3) is 0 Å². The Morgan fingerprint density at radius 1 is 0.970 bits per heavy atom. The highest BCUT2D eigenvalue weighted by atomic mass is 16.5. The predicted octanol–water partition coefficient (Wildman–Crippen LogP) is 6.32. The zero-order valence-electron chi connectivity index (χ0n) is 19.9. The van der Waals surface area contributed by atoms with Crippen molar-refractivity contribution in [3.63, 3.8) is 0 Å². The fraction of sp³-hybridized carbons (Fsp3) is 0.462. The quantitative estimate of drug-likeness (QED) is 0.252. The normalized spacial score (nSPS) is 17.3. The van der Waals surface area contributed by atoms with E-state index in [1.807, 2.05) is 50.2 Å². The van der Waals surface area contributed by atoms with E-state index in [2.05, 4.69) is 12.2 Å². The average molecular weight is 453 g/mol. The molecule has 0 spiro atoms. The number of rotatable bonds is 10. The van der Waals surface area contributed by atoms with Crippen molar-refractivity contribution in [2.24, 2.45) is 0 Å². The van der Waals surface area contributed by atoms with Crippen LogP contribution in [0.1, 0.15) is 59.3 Å². The molecule has 7 heteroatoms. The fourth-order valence-electron chi connectivity index (χ4n) is 4.43. The molecule has 1 saturated heterocycles. The zero-order chi connectivity index (χ0) is 23.8. The van der Waals surface area contributed by atoms with Crippen molar-refractivity contribution < 1.29 is 14.8 Å². The smallest absolute Gasteiger partial charge is 0.315 e. The van der Waals surface area contributed by atoms with Crippen LogP contribution in [0.5, 0.6) is 0 Å². The zero-order valence-corrected chi connectivity index (χ0v) is 19.9. The van der Waals surface area contributed by atoms with E-state index in [1.54, 1.807) is 29.2 Å². The first-order chi connectivity index (χ1) is 15.9. The molecular formula is C26H36N4O3. The number of nitrogens with zero attached hydrogens (tertiary/aromatic N) is 3. The monoisotopic (exact) mass is 452 g/mol. The lowest BCUT2D eigenvalue weighted by atomic mass is 9.99. The van der Waals surface area contributed by atoms with Gasteiger partial charge in [0.05, 0.1) is 5.54 Å². The minimum Gasteiger partial charge on any atom is -0.315 e. The molecule has 7 nitrogen and oxygen atoms in total. The molecule has 0 unspecified atom stereocenters. The van der Waals surface area contributed by atoms with Crippen LogP contribution in [0.25, 0.3) is 0 Å². The van der Waals surface area contributed by atoms with E-state index in [9.17, 15) is 14.8 Å². The minimum atomic E-state index is -0.892. The van der Waals surface area contributed by atoms with Crippen molar-refractivity contribution in [2.45, 2.75) is 71.0 Å². The van der Waals surface area contributed by atoms with Crippen molar-refractivity contribution >= 4 is 23.4 Å². The Labute approximate surface area is 196 Å². The van der Waals surface area contributed by atoms with Gasteiger partial charge < -0.3 is 10.2 Å². The van der Waals surface area contributed by atoms with Gasteiger partial charge in [0.2, 0.25) is 0 Å². The Kier molecular flexibility index (Phi) is 8.33. The summed E-state index contributed by atoms with van der Waals surface area (Å²) in [6.45, 7) is 6.56. The van der Waals surface area contributed by atoms with Gasteiger partial charge in [-0.2, -0.15) is 5.06 Å². The highest BCUT2D eigenvalue weighted by Crippen LogP contribution is 2.38. The van der Waals surface area contributed by atoms with E-state index in [-0.39, 0.29) is 6.03 Å². The second-order valence-corrected chi connectivity index (χ2v) is 9.08. The molecule has 2 aromatic carbocycles. The van der Waals surface area contributed by atoms with Crippen LogP contribution in [0, 0.1) is 0 Å². The van der Waals surface area contributed by atoms with Crippen LogP contribution in [0.3, 0.4) is 0 Å².